The molecular weight excluding hydrogens is 310 g/mol. The Morgan fingerprint density at radius 2 is 2.00 bits per heavy atom. The third-order valence-corrected chi connectivity index (χ3v) is 6.46. The third-order valence-electron chi connectivity index (χ3n) is 5.36. The Morgan fingerprint density at radius 1 is 1.26 bits per heavy atom. The van der Waals surface area contributed by atoms with Gasteiger partial charge in [0, 0.05) is 17.8 Å². The molecule has 1 atom stereocenters. The van der Waals surface area contributed by atoms with Gasteiger partial charge >= 0.3 is 5.97 Å². The van der Waals surface area contributed by atoms with Crippen LogP contribution in [0.1, 0.15) is 28.9 Å². The number of likely N-dealkylation sites (tertiary alicyclic amines) is 1. The molecule has 1 saturated carbocycles. The van der Waals surface area contributed by atoms with Gasteiger partial charge < -0.3 is 9.64 Å². The van der Waals surface area contributed by atoms with Crippen molar-refractivity contribution >= 4 is 33.3 Å². The van der Waals surface area contributed by atoms with Gasteiger partial charge in [0.1, 0.15) is 0 Å². The Balaban J connectivity index is 1.44. The van der Waals surface area contributed by atoms with Crippen molar-refractivity contribution in [3.63, 3.8) is 0 Å². The van der Waals surface area contributed by atoms with Crippen LogP contribution in [0.15, 0.2) is 30.3 Å². The van der Waals surface area contributed by atoms with Gasteiger partial charge in [0.25, 0.3) is 5.91 Å². The second kappa shape index (κ2) is 5.34. The maximum absolute atomic E-state index is 12.7. The Kier molecular flexibility index (Phi) is 3.41. The van der Waals surface area contributed by atoms with Gasteiger partial charge in [-0.1, -0.05) is 18.2 Å². The van der Waals surface area contributed by atoms with Crippen molar-refractivity contribution in [3.05, 3.63) is 35.2 Å². The number of carbonyl (C=O) groups is 2. The van der Waals surface area contributed by atoms with Crippen molar-refractivity contribution in [1.29, 1.82) is 0 Å². The van der Waals surface area contributed by atoms with Crippen LogP contribution in [0.2, 0.25) is 0 Å². The molecule has 120 valence electrons. The van der Waals surface area contributed by atoms with E-state index in [0.29, 0.717) is 0 Å². The number of methoxy groups -OCH3 is 1. The summed E-state index contributed by atoms with van der Waals surface area (Å²) >= 11 is 1.56. The van der Waals surface area contributed by atoms with E-state index in [1.54, 1.807) is 11.3 Å². The molecule has 0 radical (unpaired) electrons. The molecule has 23 heavy (non-hydrogen) atoms. The number of amides is 1. The molecule has 0 N–H and O–H groups in total. The standard InChI is InChI=1S/C18H19NO3S/c1-22-17(21)13-11-18(13)6-8-19(9-7-18)16(20)15-10-12-4-2-3-5-14(12)23-15/h2-5,10,13H,6-9,11H2,1H3/t13-/m1/s1. The third kappa shape index (κ3) is 2.43. The second-order valence-electron chi connectivity index (χ2n) is 6.58. The highest BCUT2D eigenvalue weighted by Crippen LogP contribution is 2.59. The van der Waals surface area contributed by atoms with Gasteiger partial charge in [0.15, 0.2) is 0 Å². The van der Waals surface area contributed by atoms with E-state index in [9.17, 15) is 9.59 Å². The van der Waals surface area contributed by atoms with Gasteiger partial charge in [-0.3, -0.25) is 9.59 Å². The number of hydrogen-bond donors (Lipinski definition) is 0. The number of rotatable bonds is 2. The molecule has 1 aromatic heterocycles. The second-order valence-corrected chi connectivity index (χ2v) is 7.67. The van der Waals surface area contributed by atoms with Crippen molar-refractivity contribution in [2.75, 3.05) is 20.2 Å². The quantitative estimate of drug-likeness (QED) is 0.794. The fourth-order valence-electron chi connectivity index (χ4n) is 3.77. The summed E-state index contributed by atoms with van der Waals surface area (Å²) in [6.07, 6.45) is 2.73. The number of hydrogen-bond acceptors (Lipinski definition) is 4. The highest BCUT2D eigenvalue weighted by atomic mass is 32.1. The lowest BCUT2D eigenvalue weighted by atomic mass is 9.90. The minimum atomic E-state index is -0.0886. The number of esters is 1. The van der Waals surface area contributed by atoms with Crippen LogP contribution in [0.5, 0.6) is 0 Å². The number of fused-ring (bicyclic) bond motifs is 1. The summed E-state index contributed by atoms with van der Waals surface area (Å²) in [4.78, 5) is 27.1. The fourth-order valence-corrected chi connectivity index (χ4v) is 4.80. The monoisotopic (exact) mass is 329 g/mol. The molecule has 4 rings (SSSR count). The molecule has 2 aliphatic rings. The van der Waals surface area contributed by atoms with Gasteiger partial charge in [-0.15, -0.1) is 11.3 Å². The Hall–Kier alpha value is -1.88. The SMILES string of the molecule is COC(=O)[C@H]1CC12CCN(C(=O)c1cc3ccccc3s1)CC2. The topological polar surface area (TPSA) is 46.6 Å². The van der Waals surface area contributed by atoms with Crippen LogP contribution in [0.4, 0.5) is 0 Å². The van der Waals surface area contributed by atoms with Gasteiger partial charge in [-0.25, -0.2) is 0 Å². The molecule has 5 heteroatoms. The normalized spacial score (nSPS) is 22.3. The number of ether oxygens (including phenoxy) is 1. The summed E-state index contributed by atoms with van der Waals surface area (Å²) in [6.45, 7) is 1.47. The van der Waals surface area contributed by atoms with E-state index in [1.807, 2.05) is 35.2 Å². The van der Waals surface area contributed by atoms with Crippen LogP contribution in [0, 0.1) is 11.3 Å². The lowest BCUT2D eigenvalue weighted by molar-refractivity contribution is -0.143. The molecule has 1 aromatic carbocycles. The first-order valence-corrected chi connectivity index (χ1v) is 8.80. The van der Waals surface area contributed by atoms with Crippen molar-refractivity contribution in [2.45, 2.75) is 19.3 Å². The molecule has 1 spiro atoms. The van der Waals surface area contributed by atoms with E-state index in [-0.39, 0.29) is 23.2 Å². The van der Waals surface area contributed by atoms with Crippen molar-refractivity contribution in [3.8, 4) is 0 Å². The van der Waals surface area contributed by atoms with Gasteiger partial charge in [-0.05, 0) is 42.2 Å². The predicted octanol–water partition coefficient (Wildman–Crippen LogP) is 3.32. The minimum Gasteiger partial charge on any atom is -0.469 e. The molecule has 1 aliphatic carbocycles. The van der Waals surface area contributed by atoms with E-state index in [2.05, 4.69) is 0 Å². The Morgan fingerprint density at radius 3 is 2.70 bits per heavy atom. The predicted molar refractivity (Wildman–Crippen MR) is 89.5 cm³/mol. The molecule has 0 bridgehead atoms. The van der Waals surface area contributed by atoms with E-state index < -0.39 is 0 Å². The van der Waals surface area contributed by atoms with Gasteiger partial charge in [-0.2, -0.15) is 0 Å². The highest BCUT2D eigenvalue weighted by Gasteiger charge is 2.59. The maximum atomic E-state index is 12.7. The number of carbonyl (C=O) groups excluding carboxylic acids is 2. The first-order chi connectivity index (χ1) is 11.1. The summed E-state index contributed by atoms with van der Waals surface area (Å²) in [5, 5.41) is 1.13. The zero-order valence-corrected chi connectivity index (χ0v) is 13.9. The number of benzene rings is 1. The van der Waals surface area contributed by atoms with Crippen LogP contribution in [0.3, 0.4) is 0 Å². The molecule has 2 heterocycles. The molecule has 2 fully saturated rings. The summed E-state index contributed by atoms with van der Waals surface area (Å²) in [5.74, 6) is 0.0830. The van der Waals surface area contributed by atoms with Crippen LogP contribution in [-0.4, -0.2) is 37.0 Å². The van der Waals surface area contributed by atoms with Crippen LogP contribution in [-0.2, 0) is 9.53 Å². The first-order valence-electron chi connectivity index (χ1n) is 7.99. The van der Waals surface area contributed by atoms with Crippen LogP contribution < -0.4 is 0 Å². The molecule has 0 unspecified atom stereocenters. The molecular formula is C18H19NO3S. The van der Waals surface area contributed by atoms with Crippen LogP contribution in [0.25, 0.3) is 10.1 Å². The van der Waals surface area contributed by atoms with Gasteiger partial charge in [0.2, 0.25) is 0 Å². The number of nitrogens with zero attached hydrogens (tertiary/aromatic N) is 1. The van der Waals surface area contributed by atoms with Gasteiger partial charge in [0.05, 0.1) is 17.9 Å². The van der Waals surface area contributed by atoms with E-state index >= 15 is 0 Å². The smallest absolute Gasteiger partial charge is 0.309 e. The number of thiophene rings is 1. The molecule has 1 aliphatic heterocycles. The largest absolute Gasteiger partial charge is 0.469 e. The zero-order chi connectivity index (χ0) is 16.0. The lowest BCUT2D eigenvalue weighted by Crippen LogP contribution is -2.39. The molecule has 4 nitrogen and oxygen atoms in total. The average molecular weight is 329 g/mol. The zero-order valence-electron chi connectivity index (χ0n) is 13.1. The van der Waals surface area contributed by atoms with Crippen LogP contribution >= 0.6 is 11.3 Å². The summed E-state index contributed by atoms with van der Waals surface area (Å²) in [6, 6.07) is 10.1. The molecule has 1 amide bonds. The summed E-state index contributed by atoms with van der Waals surface area (Å²) < 4.78 is 6.01. The van der Waals surface area contributed by atoms with E-state index in [1.165, 1.54) is 7.11 Å². The summed E-state index contributed by atoms with van der Waals surface area (Å²) in [7, 11) is 1.45. The highest BCUT2D eigenvalue weighted by molar-refractivity contribution is 7.20. The lowest BCUT2D eigenvalue weighted by Gasteiger charge is -2.32. The maximum Gasteiger partial charge on any atom is 0.309 e. The van der Waals surface area contributed by atoms with Crippen molar-refractivity contribution in [1.82, 2.24) is 4.90 Å². The number of piperidine rings is 1. The van der Waals surface area contributed by atoms with E-state index in [0.717, 1.165) is 47.3 Å². The molecule has 2 aromatic rings. The van der Waals surface area contributed by atoms with E-state index in [4.69, 9.17) is 4.74 Å². The summed E-state index contributed by atoms with van der Waals surface area (Å²) in [5.41, 5.74) is 0.101. The minimum absolute atomic E-state index is 0.0501. The van der Waals surface area contributed by atoms with Crippen molar-refractivity contribution < 1.29 is 14.3 Å². The first kappa shape index (κ1) is 14.7. The van der Waals surface area contributed by atoms with Crippen molar-refractivity contribution in [2.24, 2.45) is 11.3 Å². The fraction of sp³-hybridized carbons (Fsp3) is 0.444. The Bertz CT molecular complexity index is 740. The Labute approximate surface area is 139 Å². The molecule has 1 saturated heterocycles. The average Bonchev–Trinajstić information content (AvgIpc) is 3.10.